The monoisotopic (exact) mass is 357 g/mol. The van der Waals surface area contributed by atoms with Gasteiger partial charge in [-0.05, 0) is 45.6 Å². The van der Waals surface area contributed by atoms with E-state index < -0.39 is 5.60 Å². The van der Waals surface area contributed by atoms with Gasteiger partial charge < -0.3 is 5.11 Å². The van der Waals surface area contributed by atoms with Crippen LogP contribution in [0.2, 0.25) is 0 Å². The maximum atomic E-state index is 12.1. The van der Waals surface area contributed by atoms with Crippen LogP contribution < -0.4 is 5.56 Å². The summed E-state index contributed by atoms with van der Waals surface area (Å²) in [6.45, 7) is 5.99. The number of rotatable bonds is 5. The van der Waals surface area contributed by atoms with Crippen molar-refractivity contribution >= 4 is 0 Å². The Morgan fingerprint density at radius 2 is 2.00 bits per heavy atom. The molecule has 0 unspecified atom stereocenters. The van der Waals surface area contributed by atoms with Gasteiger partial charge in [-0.1, -0.05) is 0 Å². The third-order valence-electron chi connectivity index (χ3n) is 5.82. The number of fused-ring (bicyclic) bond motifs is 2. The highest BCUT2D eigenvalue weighted by Crippen LogP contribution is 2.42. The van der Waals surface area contributed by atoms with Crippen molar-refractivity contribution in [2.75, 3.05) is 0 Å². The molecule has 0 saturated carbocycles. The maximum Gasteiger partial charge on any atom is 0.266 e. The lowest BCUT2D eigenvalue weighted by molar-refractivity contribution is -0.0677. The average molecular weight is 357 g/mol. The SMILES string of the molecule is CCn1cc(CN2[C@@H]3CC[C@@H]2CC(O)(Cn2nc(C)ccc2=O)C3)cn1. The molecule has 7 heteroatoms. The maximum absolute atomic E-state index is 12.1. The van der Waals surface area contributed by atoms with Crippen LogP contribution in [-0.2, 0) is 19.6 Å². The summed E-state index contributed by atoms with van der Waals surface area (Å²) in [4.78, 5) is 14.6. The summed E-state index contributed by atoms with van der Waals surface area (Å²) < 4.78 is 3.38. The van der Waals surface area contributed by atoms with Crippen LogP contribution >= 0.6 is 0 Å². The molecule has 0 aromatic carbocycles. The van der Waals surface area contributed by atoms with Crippen LogP contribution in [0.3, 0.4) is 0 Å². The second-order valence-corrected chi connectivity index (χ2v) is 7.86. The van der Waals surface area contributed by atoms with Crippen LogP contribution in [0.4, 0.5) is 0 Å². The van der Waals surface area contributed by atoms with Crippen molar-refractivity contribution in [3.8, 4) is 0 Å². The molecule has 7 nitrogen and oxygen atoms in total. The zero-order valence-electron chi connectivity index (χ0n) is 15.5. The van der Waals surface area contributed by atoms with E-state index in [9.17, 15) is 9.90 Å². The lowest BCUT2D eigenvalue weighted by Gasteiger charge is -2.43. The summed E-state index contributed by atoms with van der Waals surface area (Å²) in [5.41, 5.74) is 1.01. The van der Waals surface area contributed by atoms with Gasteiger partial charge in [0.1, 0.15) is 0 Å². The van der Waals surface area contributed by atoms with E-state index in [0.29, 0.717) is 24.9 Å². The molecule has 4 heterocycles. The van der Waals surface area contributed by atoms with Gasteiger partial charge in [-0.2, -0.15) is 10.2 Å². The third-order valence-corrected chi connectivity index (χ3v) is 5.82. The minimum absolute atomic E-state index is 0.147. The lowest BCUT2D eigenvalue weighted by atomic mass is 9.85. The van der Waals surface area contributed by atoms with E-state index in [1.807, 2.05) is 17.8 Å². The van der Waals surface area contributed by atoms with Crippen molar-refractivity contribution < 1.29 is 5.11 Å². The summed E-state index contributed by atoms with van der Waals surface area (Å²) in [6.07, 6.45) is 7.63. The van der Waals surface area contributed by atoms with Gasteiger partial charge >= 0.3 is 0 Å². The zero-order chi connectivity index (χ0) is 18.3. The predicted octanol–water partition coefficient (Wildman–Crippen LogP) is 1.33. The Kier molecular flexibility index (Phi) is 4.44. The minimum atomic E-state index is -0.861. The van der Waals surface area contributed by atoms with E-state index in [2.05, 4.69) is 28.2 Å². The van der Waals surface area contributed by atoms with Crippen LogP contribution in [0, 0.1) is 6.92 Å². The van der Waals surface area contributed by atoms with Gasteiger partial charge in [0.05, 0.1) is 24.0 Å². The topological polar surface area (TPSA) is 76.2 Å². The van der Waals surface area contributed by atoms with Gasteiger partial charge in [0.15, 0.2) is 0 Å². The Morgan fingerprint density at radius 1 is 1.27 bits per heavy atom. The Bertz CT molecular complexity index is 828. The van der Waals surface area contributed by atoms with Crippen molar-refractivity contribution in [1.29, 1.82) is 0 Å². The molecule has 1 N–H and O–H groups in total. The van der Waals surface area contributed by atoms with E-state index in [0.717, 1.165) is 31.6 Å². The molecule has 2 aliphatic rings. The Morgan fingerprint density at radius 3 is 2.65 bits per heavy atom. The van der Waals surface area contributed by atoms with Gasteiger partial charge in [-0.15, -0.1) is 0 Å². The molecule has 0 aliphatic carbocycles. The molecule has 2 bridgehead atoms. The molecular formula is C19H27N5O2. The van der Waals surface area contributed by atoms with Crippen molar-refractivity contribution in [2.45, 2.75) is 76.8 Å². The molecule has 2 aliphatic heterocycles. The Balaban J connectivity index is 1.48. The standard InChI is InChI=1S/C19H27N5O2/c1-3-22-11-15(10-20-22)12-23-16-5-6-17(23)9-19(26,8-16)13-24-18(25)7-4-14(2)21-24/h4,7,10-11,16-17,26H,3,5-6,8-9,12-13H2,1-2H3/t16-,17-/m1/s1. The largest absolute Gasteiger partial charge is 0.388 e. The van der Waals surface area contributed by atoms with E-state index in [1.54, 1.807) is 6.07 Å². The summed E-state index contributed by atoms with van der Waals surface area (Å²) >= 11 is 0. The summed E-state index contributed by atoms with van der Waals surface area (Å²) in [5.74, 6) is 0. The van der Waals surface area contributed by atoms with E-state index >= 15 is 0 Å². The van der Waals surface area contributed by atoms with Crippen LogP contribution in [0.5, 0.6) is 0 Å². The first-order valence-corrected chi connectivity index (χ1v) is 9.50. The molecule has 4 rings (SSSR count). The molecule has 2 atom stereocenters. The van der Waals surface area contributed by atoms with Gasteiger partial charge in [-0.3, -0.25) is 14.4 Å². The van der Waals surface area contributed by atoms with Crippen molar-refractivity contribution in [2.24, 2.45) is 0 Å². The smallest absolute Gasteiger partial charge is 0.266 e. The van der Waals surface area contributed by atoms with Crippen LogP contribution in [0.15, 0.2) is 29.3 Å². The number of hydrogen-bond donors (Lipinski definition) is 1. The molecule has 2 aromatic rings. The highest BCUT2D eigenvalue weighted by Gasteiger charge is 2.47. The first-order chi connectivity index (χ1) is 12.5. The van der Waals surface area contributed by atoms with Crippen molar-refractivity contribution in [3.05, 3.63) is 46.1 Å². The number of piperidine rings is 1. The molecule has 2 aromatic heterocycles. The number of aliphatic hydroxyl groups is 1. The normalized spacial score (nSPS) is 28.6. The van der Waals surface area contributed by atoms with Crippen LogP contribution in [0.25, 0.3) is 0 Å². The highest BCUT2D eigenvalue weighted by atomic mass is 16.3. The van der Waals surface area contributed by atoms with Gasteiger partial charge in [0.25, 0.3) is 5.56 Å². The van der Waals surface area contributed by atoms with E-state index in [1.165, 1.54) is 16.3 Å². The summed E-state index contributed by atoms with van der Waals surface area (Å²) in [7, 11) is 0. The molecule has 2 fully saturated rings. The van der Waals surface area contributed by atoms with Gasteiger partial charge in [-0.25, -0.2) is 4.68 Å². The van der Waals surface area contributed by atoms with Crippen molar-refractivity contribution in [1.82, 2.24) is 24.5 Å². The molecule has 0 radical (unpaired) electrons. The van der Waals surface area contributed by atoms with E-state index in [4.69, 9.17) is 0 Å². The molecule has 26 heavy (non-hydrogen) atoms. The highest BCUT2D eigenvalue weighted by molar-refractivity contribution is 5.09. The fourth-order valence-corrected chi connectivity index (χ4v) is 4.62. The number of aryl methyl sites for hydroxylation is 2. The molecule has 0 amide bonds. The first kappa shape index (κ1) is 17.4. The lowest BCUT2D eigenvalue weighted by Crippen LogP contribution is -2.53. The Labute approximate surface area is 153 Å². The van der Waals surface area contributed by atoms with E-state index in [-0.39, 0.29) is 12.1 Å². The number of nitrogens with zero attached hydrogens (tertiary/aromatic N) is 5. The Hall–Kier alpha value is -1.99. The second kappa shape index (κ2) is 6.63. The quantitative estimate of drug-likeness (QED) is 0.874. The summed E-state index contributed by atoms with van der Waals surface area (Å²) in [5, 5.41) is 19.9. The number of aromatic nitrogens is 4. The fourth-order valence-electron chi connectivity index (χ4n) is 4.62. The zero-order valence-corrected chi connectivity index (χ0v) is 15.5. The average Bonchev–Trinajstić information content (AvgIpc) is 3.15. The molecule has 0 spiro atoms. The van der Waals surface area contributed by atoms with Crippen LogP contribution in [0.1, 0.15) is 43.9 Å². The molecule has 2 saturated heterocycles. The molecule has 140 valence electrons. The minimum Gasteiger partial charge on any atom is -0.388 e. The predicted molar refractivity (Wildman–Crippen MR) is 97.7 cm³/mol. The van der Waals surface area contributed by atoms with Gasteiger partial charge in [0, 0.05) is 43.0 Å². The second-order valence-electron chi connectivity index (χ2n) is 7.86. The molecular weight excluding hydrogens is 330 g/mol. The first-order valence-electron chi connectivity index (χ1n) is 9.50. The third kappa shape index (κ3) is 3.33. The summed E-state index contributed by atoms with van der Waals surface area (Å²) in [6, 6.07) is 3.94. The van der Waals surface area contributed by atoms with Crippen LogP contribution in [-0.4, -0.2) is 47.3 Å². The number of hydrogen-bond acceptors (Lipinski definition) is 5. The fraction of sp³-hybridized carbons (Fsp3) is 0.632. The van der Waals surface area contributed by atoms with Gasteiger partial charge in [0.2, 0.25) is 0 Å². The van der Waals surface area contributed by atoms with Crippen molar-refractivity contribution in [3.63, 3.8) is 0 Å².